The second-order valence-corrected chi connectivity index (χ2v) is 6.37. The van der Waals surface area contributed by atoms with Gasteiger partial charge in [0.2, 0.25) is 0 Å². The molecule has 5 nitrogen and oxygen atoms in total. The summed E-state index contributed by atoms with van der Waals surface area (Å²) in [6, 6.07) is 5.31. The van der Waals surface area contributed by atoms with Crippen LogP contribution in [-0.4, -0.2) is 31.2 Å². The first-order valence-electron chi connectivity index (χ1n) is 7.08. The van der Waals surface area contributed by atoms with Crippen molar-refractivity contribution in [2.24, 2.45) is 11.8 Å². The van der Waals surface area contributed by atoms with Crippen LogP contribution >= 0.6 is 15.9 Å². The van der Waals surface area contributed by atoms with Crippen LogP contribution in [0.15, 0.2) is 18.2 Å². The minimum Gasteiger partial charge on any atom is -0.381 e. The van der Waals surface area contributed by atoms with Gasteiger partial charge in [0.15, 0.2) is 0 Å². The van der Waals surface area contributed by atoms with Crippen molar-refractivity contribution in [2.75, 3.05) is 25.1 Å². The minimum atomic E-state index is -0.329. The van der Waals surface area contributed by atoms with Gasteiger partial charge >= 0.3 is 0 Å². The van der Waals surface area contributed by atoms with Crippen molar-refractivity contribution in [3.8, 4) is 0 Å². The molecular formula is C15H21BrN2O3. The van der Waals surface area contributed by atoms with Gasteiger partial charge in [0.25, 0.3) is 5.69 Å². The molecule has 0 radical (unpaired) electrons. The number of halogens is 1. The second-order valence-electron chi connectivity index (χ2n) is 5.81. The molecule has 1 aromatic carbocycles. The minimum absolute atomic E-state index is 0.149. The van der Waals surface area contributed by atoms with Crippen LogP contribution in [0.4, 0.5) is 11.4 Å². The topological polar surface area (TPSA) is 55.6 Å². The van der Waals surface area contributed by atoms with E-state index in [0.717, 1.165) is 24.3 Å². The Hall–Kier alpha value is -1.14. The molecule has 21 heavy (non-hydrogen) atoms. The molecule has 0 N–H and O–H groups in total. The third-order valence-electron chi connectivity index (χ3n) is 4.10. The van der Waals surface area contributed by atoms with Crippen molar-refractivity contribution >= 4 is 27.3 Å². The summed E-state index contributed by atoms with van der Waals surface area (Å²) in [5, 5.41) is 11.7. The lowest BCUT2D eigenvalue weighted by atomic mass is 9.88. The number of methoxy groups -OCH3 is 1. The van der Waals surface area contributed by atoms with Crippen molar-refractivity contribution in [1.82, 2.24) is 0 Å². The third-order valence-corrected chi connectivity index (χ3v) is 4.75. The number of piperidine rings is 1. The fourth-order valence-corrected chi connectivity index (χ4v) is 3.56. The molecule has 0 bridgehead atoms. The average Bonchev–Trinajstić information content (AvgIpc) is 2.46. The standard InChI is InChI=1S/C15H21BrN2O3/c1-10-8-17(9-11(2)15(10)21-3)13-4-12(7-16)5-14(6-13)18(19)20/h4-6,10-11,15H,7-9H2,1-3H3/t10-,11+,15?. The van der Waals surface area contributed by atoms with Gasteiger partial charge in [0, 0.05) is 55.2 Å². The van der Waals surface area contributed by atoms with Crippen molar-refractivity contribution in [3.63, 3.8) is 0 Å². The molecular weight excluding hydrogens is 336 g/mol. The average molecular weight is 357 g/mol. The van der Waals surface area contributed by atoms with Gasteiger partial charge in [-0.25, -0.2) is 0 Å². The zero-order valence-electron chi connectivity index (χ0n) is 12.6. The van der Waals surface area contributed by atoms with E-state index < -0.39 is 0 Å². The number of nitrogens with zero attached hydrogens (tertiary/aromatic N) is 2. The molecule has 1 aliphatic rings. The quantitative estimate of drug-likeness (QED) is 0.469. The molecule has 3 atom stereocenters. The van der Waals surface area contributed by atoms with Crippen LogP contribution in [0.25, 0.3) is 0 Å². The molecule has 0 aromatic heterocycles. The smallest absolute Gasteiger partial charge is 0.271 e. The summed E-state index contributed by atoms with van der Waals surface area (Å²) in [6.07, 6.45) is 0.246. The predicted molar refractivity (Wildman–Crippen MR) is 87.1 cm³/mol. The first-order valence-corrected chi connectivity index (χ1v) is 8.20. The lowest BCUT2D eigenvalue weighted by Crippen LogP contribution is -2.48. The van der Waals surface area contributed by atoms with E-state index in [9.17, 15) is 10.1 Å². The largest absolute Gasteiger partial charge is 0.381 e. The van der Waals surface area contributed by atoms with Crippen LogP contribution in [0.3, 0.4) is 0 Å². The fourth-order valence-electron chi connectivity index (χ4n) is 3.24. The van der Waals surface area contributed by atoms with Gasteiger partial charge in [-0.1, -0.05) is 29.8 Å². The number of non-ortho nitro benzene ring substituents is 1. The lowest BCUT2D eigenvalue weighted by Gasteiger charge is -2.41. The summed E-state index contributed by atoms with van der Waals surface area (Å²) >= 11 is 3.38. The highest BCUT2D eigenvalue weighted by molar-refractivity contribution is 9.08. The molecule has 116 valence electrons. The van der Waals surface area contributed by atoms with Gasteiger partial charge in [0.05, 0.1) is 11.0 Å². The number of rotatable bonds is 4. The SMILES string of the molecule is COC1[C@H](C)CN(c2cc(CBr)cc([N+](=O)[O-])c2)C[C@@H]1C. The maximum Gasteiger partial charge on any atom is 0.271 e. The molecule has 0 amide bonds. The van der Waals surface area contributed by atoms with Crippen molar-refractivity contribution < 1.29 is 9.66 Å². The van der Waals surface area contributed by atoms with E-state index in [1.54, 1.807) is 19.2 Å². The van der Waals surface area contributed by atoms with E-state index in [1.807, 2.05) is 6.07 Å². The van der Waals surface area contributed by atoms with Crippen LogP contribution in [0.2, 0.25) is 0 Å². The fraction of sp³-hybridized carbons (Fsp3) is 0.600. The zero-order chi connectivity index (χ0) is 15.6. The summed E-state index contributed by atoms with van der Waals surface area (Å²) in [6.45, 7) is 6.04. The summed E-state index contributed by atoms with van der Waals surface area (Å²) in [5.74, 6) is 0.788. The molecule has 0 spiro atoms. The summed E-state index contributed by atoms with van der Waals surface area (Å²) in [5.41, 5.74) is 2.00. The number of benzene rings is 1. The van der Waals surface area contributed by atoms with E-state index in [-0.39, 0.29) is 16.7 Å². The maximum absolute atomic E-state index is 11.1. The molecule has 1 saturated heterocycles. The predicted octanol–water partition coefficient (Wildman–Crippen LogP) is 3.60. The first kappa shape index (κ1) is 16.2. The summed E-state index contributed by atoms with van der Waals surface area (Å²) < 4.78 is 5.56. The van der Waals surface area contributed by atoms with Crippen LogP contribution in [0, 0.1) is 22.0 Å². The monoisotopic (exact) mass is 356 g/mol. The van der Waals surface area contributed by atoms with Gasteiger partial charge in [-0.3, -0.25) is 10.1 Å². The van der Waals surface area contributed by atoms with Gasteiger partial charge in [-0.2, -0.15) is 0 Å². The number of hydrogen-bond donors (Lipinski definition) is 0. The zero-order valence-corrected chi connectivity index (χ0v) is 14.2. The third kappa shape index (κ3) is 3.55. The van der Waals surface area contributed by atoms with Crippen molar-refractivity contribution in [1.29, 1.82) is 0 Å². The number of alkyl halides is 1. The molecule has 0 aliphatic carbocycles. The Labute approximate surface area is 133 Å². The number of anilines is 1. The molecule has 1 unspecified atom stereocenters. The van der Waals surface area contributed by atoms with Crippen LogP contribution in [0.1, 0.15) is 19.4 Å². The van der Waals surface area contributed by atoms with Gasteiger partial charge in [-0.15, -0.1) is 0 Å². The first-order chi connectivity index (χ1) is 9.96. The number of hydrogen-bond acceptors (Lipinski definition) is 4. The number of ether oxygens (including phenoxy) is 1. The van der Waals surface area contributed by atoms with E-state index in [4.69, 9.17) is 4.74 Å². The highest BCUT2D eigenvalue weighted by atomic mass is 79.9. The molecule has 6 heteroatoms. The molecule has 1 heterocycles. The van der Waals surface area contributed by atoms with Crippen molar-refractivity contribution in [3.05, 3.63) is 33.9 Å². The van der Waals surface area contributed by atoms with Crippen LogP contribution < -0.4 is 4.90 Å². The highest BCUT2D eigenvalue weighted by Gasteiger charge is 2.32. The normalized spacial score (nSPS) is 25.9. The Kier molecular flexibility index (Phi) is 5.22. The van der Waals surface area contributed by atoms with Crippen molar-refractivity contribution in [2.45, 2.75) is 25.3 Å². The van der Waals surface area contributed by atoms with Crippen LogP contribution in [0.5, 0.6) is 0 Å². The molecule has 0 saturated carbocycles. The Morgan fingerprint density at radius 1 is 1.33 bits per heavy atom. The van der Waals surface area contributed by atoms with Gasteiger partial charge in [0.1, 0.15) is 0 Å². The summed E-state index contributed by atoms with van der Waals surface area (Å²) in [4.78, 5) is 13.0. The van der Waals surface area contributed by atoms with Crippen LogP contribution in [-0.2, 0) is 10.1 Å². The van der Waals surface area contributed by atoms with Gasteiger partial charge in [-0.05, 0) is 11.6 Å². The molecule has 1 aromatic rings. The molecule has 2 rings (SSSR count). The van der Waals surface area contributed by atoms with Gasteiger partial charge < -0.3 is 9.64 Å². The summed E-state index contributed by atoms with van der Waals surface area (Å²) in [7, 11) is 1.75. The Morgan fingerprint density at radius 2 is 1.95 bits per heavy atom. The Balaban J connectivity index is 2.29. The van der Waals surface area contributed by atoms with E-state index in [0.29, 0.717) is 17.2 Å². The number of nitro benzene ring substituents is 1. The lowest BCUT2D eigenvalue weighted by molar-refractivity contribution is -0.384. The van der Waals surface area contributed by atoms with E-state index >= 15 is 0 Å². The highest BCUT2D eigenvalue weighted by Crippen LogP contribution is 2.31. The Bertz CT molecular complexity index is 512. The molecule has 1 aliphatic heterocycles. The maximum atomic E-state index is 11.1. The number of nitro groups is 1. The van der Waals surface area contributed by atoms with E-state index in [1.165, 1.54) is 0 Å². The molecule has 1 fully saturated rings. The second kappa shape index (κ2) is 6.75. The van der Waals surface area contributed by atoms with E-state index in [2.05, 4.69) is 34.7 Å². The Morgan fingerprint density at radius 3 is 2.43 bits per heavy atom.